The quantitative estimate of drug-likeness (QED) is 0.310. The lowest BCUT2D eigenvalue weighted by Gasteiger charge is -2.27. The van der Waals surface area contributed by atoms with E-state index in [9.17, 15) is 9.90 Å². The molecule has 1 aliphatic heterocycles. The summed E-state index contributed by atoms with van der Waals surface area (Å²) in [6, 6.07) is 15.6. The van der Waals surface area contributed by atoms with Gasteiger partial charge in [0.1, 0.15) is 0 Å². The lowest BCUT2D eigenvalue weighted by molar-refractivity contribution is -0.139. The van der Waals surface area contributed by atoms with E-state index >= 15 is 0 Å². The molecule has 0 radical (unpaired) electrons. The molecule has 0 bridgehead atoms. The molecule has 2 heterocycles. The van der Waals surface area contributed by atoms with Gasteiger partial charge in [-0.3, -0.25) is 9.48 Å². The van der Waals surface area contributed by atoms with Crippen molar-refractivity contribution in [3.63, 3.8) is 0 Å². The number of carbonyl (C=O) groups excluding carboxylic acids is 1. The maximum Gasteiger partial charge on any atom is 0.264 e. The van der Waals surface area contributed by atoms with E-state index in [0.717, 1.165) is 20.5 Å². The normalized spacial score (nSPS) is 18.8. The van der Waals surface area contributed by atoms with Crippen LogP contribution in [-0.4, -0.2) is 37.7 Å². The van der Waals surface area contributed by atoms with Crippen LogP contribution in [0.25, 0.3) is 0 Å². The van der Waals surface area contributed by atoms with Gasteiger partial charge in [0.15, 0.2) is 5.60 Å². The number of carbonyl (C=O) groups is 1. The molecule has 7 nitrogen and oxygen atoms in total. The summed E-state index contributed by atoms with van der Waals surface area (Å²) >= 11 is 2.21. The summed E-state index contributed by atoms with van der Waals surface area (Å²) < 4.78 is 2.70. The molecule has 172 valence electrons. The second-order valence-corrected chi connectivity index (χ2v) is 9.50. The van der Waals surface area contributed by atoms with Crippen molar-refractivity contribution in [2.75, 3.05) is 11.5 Å². The molecule has 0 saturated heterocycles. The monoisotopic (exact) mass is 558 g/mol. The molecule has 1 aromatic heterocycles. The van der Waals surface area contributed by atoms with Gasteiger partial charge in [0, 0.05) is 40.8 Å². The van der Waals surface area contributed by atoms with Crippen LogP contribution in [0.4, 0.5) is 5.69 Å². The third-order valence-electron chi connectivity index (χ3n) is 5.98. The van der Waals surface area contributed by atoms with Crippen molar-refractivity contribution in [1.82, 2.24) is 15.0 Å². The fourth-order valence-electron chi connectivity index (χ4n) is 4.17. The van der Waals surface area contributed by atoms with Crippen LogP contribution in [0.5, 0.6) is 0 Å². The Bertz CT molecular complexity index is 1150. The van der Waals surface area contributed by atoms with Crippen molar-refractivity contribution in [1.29, 1.82) is 0 Å². The Morgan fingerprint density at radius 2 is 2.00 bits per heavy atom. The average Bonchev–Trinajstić information content (AvgIpc) is 3.34. The first kappa shape index (κ1) is 23.6. The zero-order valence-electron chi connectivity index (χ0n) is 18.4. The number of rotatable bonds is 9. The zero-order chi connectivity index (χ0) is 23.4. The van der Waals surface area contributed by atoms with Gasteiger partial charge in [0.05, 0.1) is 17.9 Å². The van der Waals surface area contributed by atoms with Crippen LogP contribution in [0, 0.1) is 9.49 Å². The third kappa shape index (κ3) is 4.87. The van der Waals surface area contributed by atoms with Crippen molar-refractivity contribution < 1.29 is 15.0 Å². The molecule has 0 spiro atoms. The number of fused-ring (bicyclic) bond motifs is 1. The van der Waals surface area contributed by atoms with E-state index in [1.165, 1.54) is 0 Å². The van der Waals surface area contributed by atoms with Gasteiger partial charge in [0.2, 0.25) is 0 Å². The highest BCUT2D eigenvalue weighted by Crippen LogP contribution is 2.46. The van der Waals surface area contributed by atoms with Gasteiger partial charge in [-0.05, 0) is 52.8 Å². The molecule has 33 heavy (non-hydrogen) atoms. The Morgan fingerprint density at radius 1 is 1.21 bits per heavy atom. The molecule has 8 heteroatoms. The van der Waals surface area contributed by atoms with Gasteiger partial charge < -0.3 is 15.1 Å². The van der Waals surface area contributed by atoms with E-state index in [1.807, 2.05) is 73.8 Å². The Balaban J connectivity index is 1.52. The number of benzene rings is 2. The average molecular weight is 558 g/mol. The van der Waals surface area contributed by atoms with Gasteiger partial charge in [-0.25, -0.2) is 0 Å². The van der Waals surface area contributed by atoms with Crippen LogP contribution in [0.15, 0.2) is 66.9 Å². The Labute approximate surface area is 206 Å². The van der Waals surface area contributed by atoms with Gasteiger partial charge in [0.25, 0.3) is 5.91 Å². The first-order chi connectivity index (χ1) is 15.9. The number of aromatic nitrogens is 3. The van der Waals surface area contributed by atoms with Crippen LogP contribution in [0.1, 0.15) is 30.2 Å². The molecule has 3 aromatic rings. The highest BCUT2D eigenvalue weighted by Gasteiger charge is 2.52. The fourth-order valence-corrected chi connectivity index (χ4v) is 4.66. The smallest absolute Gasteiger partial charge is 0.264 e. The summed E-state index contributed by atoms with van der Waals surface area (Å²) in [4.78, 5) is 15.2. The zero-order valence-corrected chi connectivity index (χ0v) is 20.6. The van der Waals surface area contributed by atoms with E-state index < -0.39 is 11.5 Å². The second kappa shape index (κ2) is 10.1. The maximum atomic E-state index is 13.6. The minimum Gasteiger partial charge on any atom is -0.396 e. The largest absolute Gasteiger partial charge is 0.396 e. The number of aliphatic hydroxyl groups excluding tert-OH is 1. The predicted molar refractivity (Wildman–Crippen MR) is 134 cm³/mol. The first-order valence-corrected chi connectivity index (χ1v) is 12.1. The summed E-state index contributed by atoms with van der Waals surface area (Å²) in [6.07, 6.45) is 6.86. The summed E-state index contributed by atoms with van der Waals surface area (Å²) in [6.45, 7) is 2.96. The molecule has 2 atom stereocenters. The Kier molecular flexibility index (Phi) is 7.26. The van der Waals surface area contributed by atoms with Crippen LogP contribution >= 0.6 is 22.6 Å². The summed E-state index contributed by atoms with van der Waals surface area (Å²) in [5.74, 6) is -0.714. The number of amides is 1. The number of allylic oxidation sites excluding steroid dienone is 1. The van der Waals surface area contributed by atoms with Crippen LogP contribution in [0.2, 0.25) is 0 Å². The van der Waals surface area contributed by atoms with Crippen LogP contribution < -0.4 is 4.90 Å². The topological polar surface area (TPSA) is 91.5 Å². The molecule has 0 aliphatic carbocycles. The molecule has 2 N–H and O–H groups in total. The van der Waals surface area contributed by atoms with Crippen molar-refractivity contribution in [3.05, 3.63) is 87.3 Å². The predicted octanol–water partition coefficient (Wildman–Crippen LogP) is 3.43. The first-order valence-electron chi connectivity index (χ1n) is 11.0. The van der Waals surface area contributed by atoms with E-state index in [0.29, 0.717) is 31.5 Å². The molecular formula is C25H27IN4O3. The van der Waals surface area contributed by atoms with E-state index in [1.54, 1.807) is 9.58 Å². The number of anilines is 1. The molecule has 0 saturated carbocycles. The van der Waals surface area contributed by atoms with E-state index in [-0.39, 0.29) is 12.5 Å². The minimum absolute atomic E-state index is 0.0461. The number of hydrogen-bond acceptors (Lipinski definition) is 5. The lowest BCUT2D eigenvalue weighted by atomic mass is 9.83. The maximum absolute atomic E-state index is 13.6. The van der Waals surface area contributed by atoms with Crippen molar-refractivity contribution in [3.8, 4) is 0 Å². The van der Waals surface area contributed by atoms with E-state index in [4.69, 9.17) is 5.11 Å². The van der Waals surface area contributed by atoms with Crippen LogP contribution in [0.3, 0.4) is 0 Å². The SMILES string of the molecule is C[C@H](/C=C/CCn1cc(CCO)nn1)[C@@]1(O)C(=O)N(Cc2ccccc2)c2ccc(I)cc21. The number of hydrogen-bond donors (Lipinski definition) is 2. The molecule has 1 aliphatic rings. The highest BCUT2D eigenvalue weighted by molar-refractivity contribution is 14.1. The molecule has 0 fully saturated rings. The summed E-state index contributed by atoms with van der Waals surface area (Å²) in [5, 5.41) is 28.8. The summed E-state index contributed by atoms with van der Waals surface area (Å²) in [5.41, 5.74) is 1.55. The standard InChI is InChI=1S/C25H27IN4O3/c1-18(7-5-6-13-29-17-21(12-14-31)27-28-29)25(33)22-15-20(26)10-11-23(22)30(24(25)32)16-19-8-3-2-4-9-19/h2-5,7-11,15,17-18,31,33H,6,12-14,16H2,1H3/b7-5+/t18-,25+/m1/s1. The Morgan fingerprint density at radius 3 is 2.76 bits per heavy atom. The van der Waals surface area contributed by atoms with Gasteiger partial charge >= 0.3 is 0 Å². The highest BCUT2D eigenvalue weighted by atomic mass is 127. The fraction of sp³-hybridized carbons (Fsp3) is 0.320. The van der Waals surface area contributed by atoms with Gasteiger partial charge in [-0.15, -0.1) is 5.10 Å². The van der Waals surface area contributed by atoms with Gasteiger partial charge in [-0.2, -0.15) is 0 Å². The number of nitrogens with zero attached hydrogens (tertiary/aromatic N) is 4. The van der Waals surface area contributed by atoms with Crippen molar-refractivity contribution in [2.45, 2.75) is 38.5 Å². The van der Waals surface area contributed by atoms with Gasteiger partial charge in [-0.1, -0.05) is 54.6 Å². The molecule has 1 amide bonds. The Hall–Kier alpha value is -2.56. The molecule has 0 unspecified atom stereocenters. The van der Waals surface area contributed by atoms with Crippen LogP contribution in [-0.2, 0) is 29.9 Å². The van der Waals surface area contributed by atoms with Crippen molar-refractivity contribution in [2.24, 2.45) is 5.92 Å². The molecule has 4 rings (SSSR count). The van der Waals surface area contributed by atoms with Crippen molar-refractivity contribution >= 4 is 34.2 Å². The second-order valence-electron chi connectivity index (χ2n) is 8.26. The summed E-state index contributed by atoms with van der Waals surface area (Å²) in [7, 11) is 0. The number of aliphatic hydroxyl groups is 2. The third-order valence-corrected chi connectivity index (χ3v) is 6.65. The number of aryl methyl sites for hydroxylation is 1. The lowest BCUT2D eigenvalue weighted by Crippen LogP contribution is -2.44. The van der Waals surface area contributed by atoms with E-state index in [2.05, 4.69) is 32.9 Å². The molecule has 2 aromatic carbocycles. The molecular weight excluding hydrogens is 531 g/mol. The minimum atomic E-state index is -1.62. The number of halogens is 1.